The van der Waals surface area contributed by atoms with E-state index in [0.29, 0.717) is 11.5 Å². The maximum absolute atomic E-state index is 12.2. The summed E-state index contributed by atoms with van der Waals surface area (Å²) in [5.41, 5.74) is 2.65. The average molecular weight is 326 g/mol. The van der Waals surface area contributed by atoms with Gasteiger partial charge in [0, 0.05) is 11.6 Å². The van der Waals surface area contributed by atoms with Gasteiger partial charge in [0.1, 0.15) is 0 Å². The van der Waals surface area contributed by atoms with E-state index in [-0.39, 0.29) is 24.1 Å². The maximum atomic E-state index is 12.2. The molecular formula is C19H22N2O3. The standard InChI is InChI=1S/C19H22N2O3/c1-13(2)15-8-10-16(11-9-15)14(3)20-19(22)12-17-6-4-5-7-18(17)21(23)24/h4-11,13-14H,12H2,1-3H3,(H,20,22). The molecule has 0 aliphatic carbocycles. The quantitative estimate of drug-likeness (QED) is 0.640. The van der Waals surface area contributed by atoms with Gasteiger partial charge in [-0.3, -0.25) is 14.9 Å². The number of benzene rings is 2. The zero-order chi connectivity index (χ0) is 17.7. The number of hydrogen-bond acceptors (Lipinski definition) is 3. The van der Waals surface area contributed by atoms with Gasteiger partial charge in [-0.1, -0.05) is 56.3 Å². The molecule has 0 aliphatic heterocycles. The average Bonchev–Trinajstić information content (AvgIpc) is 2.55. The second kappa shape index (κ2) is 7.73. The Morgan fingerprint density at radius 1 is 1.04 bits per heavy atom. The first-order chi connectivity index (χ1) is 11.4. The van der Waals surface area contributed by atoms with E-state index in [1.165, 1.54) is 11.6 Å². The van der Waals surface area contributed by atoms with E-state index in [4.69, 9.17) is 0 Å². The molecular weight excluding hydrogens is 304 g/mol. The van der Waals surface area contributed by atoms with Crippen LogP contribution in [0.25, 0.3) is 0 Å². The van der Waals surface area contributed by atoms with E-state index in [2.05, 4.69) is 31.3 Å². The first-order valence-corrected chi connectivity index (χ1v) is 8.00. The number of carbonyl (C=O) groups is 1. The summed E-state index contributed by atoms with van der Waals surface area (Å²) >= 11 is 0. The van der Waals surface area contributed by atoms with E-state index >= 15 is 0 Å². The number of nitro benzene ring substituents is 1. The van der Waals surface area contributed by atoms with Gasteiger partial charge in [0.25, 0.3) is 5.69 Å². The van der Waals surface area contributed by atoms with Crippen LogP contribution in [0.2, 0.25) is 0 Å². The molecule has 0 aromatic heterocycles. The van der Waals surface area contributed by atoms with Crippen LogP contribution in [0.1, 0.15) is 49.4 Å². The Morgan fingerprint density at radius 3 is 2.21 bits per heavy atom. The van der Waals surface area contributed by atoms with Crippen LogP contribution in [-0.2, 0) is 11.2 Å². The second-order valence-electron chi connectivity index (χ2n) is 6.17. The van der Waals surface area contributed by atoms with Crippen LogP contribution >= 0.6 is 0 Å². The van der Waals surface area contributed by atoms with Gasteiger partial charge < -0.3 is 5.32 Å². The molecule has 5 heteroatoms. The van der Waals surface area contributed by atoms with Crippen LogP contribution in [0.3, 0.4) is 0 Å². The molecule has 2 rings (SSSR count). The Labute approximate surface area is 141 Å². The summed E-state index contributed by atoms with van der Waals surface area (Å²) in [6.07, 6.45) is -0.00836. The predicted octanol–water partition coefficient (Wildman–Crippen LogP) is 4.14. The Bertz CT molecular complexity index is 724. The number of amides is 1. The lowest BCUT2D eigenvalue weighted by molar-refractivity contribution is -0.385. The number of rotatable bonds is 6. The Morgan fingerprint density at radius 2 is 1.62 bits per heavy atom. The topological polar surface area (TPSA) is 72.2 Å². The molecule has 0 saturated heterocycles. The molecule has 0 spiro atoms. The van der Waals surface area contributed by atoms with E-state index < -0.39 is 4.92 Å². The third kappa shape index (κ3) is 4.41. The fourth-order valence-electron chi connectivity index (χ4n) is 2.56. The van der Waals surface area contributed by atoms with Gasteiger partial charge >= 0.3 is 0 Å². The summed E-state index contributed by atoms with van der Waals surface area (Å²) in [7, 11) is 0. The molecule has 1 unspecified atom stereocenters. The molecule has 1 atom stereocenters. The number of nitrogens with one attached hydrogen (secondary N) is 1. The van der Waals surface area contributed by atoms with Gasteiger partial charge in [0.2, 0.25) is 5.91 Å². The summed E-state index contributed by atoms with van der Waals surface area (Å²) in [5, 5.41) is 13.9. The van der Waals surface area contributed by atoms with Gasteiger partial charge in [-0.25, -0.2) is 0 Å². The Balaban J connectivity index is 2.03. The molecule has 24 heavy (non-hydrogen) atoms. The lowest BCUT2D eigenvalue weighted by Crippen LogP contribution is -2.28. The number of hydrogen-bond donors (Lipinski definition) is 1. The molecule has 5 nitrogen and oxygen atoms in total. The van der Waals surface area contributed by atoms with Gasteiger partial charge in [-0.05, 0) is 24.0 Å². The lowest BCUT2D eigenvalue weighted by atomic mass is 9.99. The highest BCUT2D eigenvalue weighted by atomic mass is 16.6. The van der Waals surface area contributed by atoms with Crippen LogP contribution in [0.15, 0.2) is 48.5 Å². The molecule has 2 aromatic rings. The van der Waals surface area contributed by atoms with Crippen molar-refractivity contribution in [2.75, 3.05) is 0 Å². The van der Waals surface area contributed by atoms with Crippen molar-refractivity contribution >= 4 is 11.6 Å². The minimum absolute atomic E-state index is 0.00836. The normalized spacial score (nSPS) is 12.0. The van der Waals surface area contributed by atoms with E-state index in [1.807, 2.05) is 19.1 Å². The molecule has 0 radical (unpaired) electrons. The van der Waals surface area contributed by atoms with Gasteiger partial charge in [-0.15, -0.1) is 0 Å². The summed E-state index contributed by atoms with van der Waals surface area (Å²) in [4.78, 5) is 22.8. The predicted molar refractivity (Wildman–Crippen MR) is 93.9 cm³/mol. The van der Waals surface area contributed by atoms with Crippen molar-refractivity contribution < 1.29 is 9.72 Å². The third-order valence-electron chi connectivity index (χ3n) is 4.02. The summed E-state index contributed by atoms with van der Waals surface area (Å²) in [6.45, 7) is 6.17. The first kappa shape index (κ1) is 17.7. The van der Waals surface area contributed by atoms with Crippen molar-refractivity contribution in [1.29, 1.82) is 0 Å². The second-order valence-corrected chi connectivity index (χ2v) is 6.17. The van der Waals surface area contributed by atoms with Crippen LogP contribution in [0.5, 0.6) is 0 Å². The summed E-state index contributed by atoms with van der Waals surface area (Å²) < 4.78 is 0. The largest absolute Gasteiger partial charge is 0.349 e. The zero-order valence-corrected chi connectivity index (χ0v) is 14.2. The van der Waals surface area contributed by atoms with Crippen molar-refractivity contribution in [2.45, 2.75) is 39.2 Å². The van der Waals surface area contributed by atoms with E-state index in [9.17, 15) is 14.9 Å². The number of para-hydroxylation sites is 1. The van der Waals surface area contributed by atoms with Gasteiger partial charge in [0.05, 0.1) is 17.4 Å². The number of nitrogens with zero attached hydrogens (tertiary/aromatic N) is 1. The highest BCUT2D eigenvalue weighted by Crippen LogP contribution is 2.20. The minimum Gasteiger partial charge on any atom is -0.349 e. The summed E-state index contributed by atoms with van der Waals surface area (Å²) in [6, 6.07) is 14.3. The van der Waals surface area contributed by atoms with Crippen molar-refractivity contribution in [2.24, 2.45) is 0 Å². The molecule has 0 fully saturated rings. The van der Waals surface area contributed by atoms with Gasteiger partial charge in [-0.2, -0.15) is 0 Å². The fraction of sp³-hybridized carbons (Fsp3) is 0.316. The molecule has 0 heterocycles. The highest BCUT2D eigenvalue weighted by molar-refractivity contribution is 5.80. The molecule has 0 saturated carbocycles. The smallest absolute Gasteiger partial charge is 0.273 e. The number of nitro groups is 1. The van der Waals surface area contributed by atoms with Crippen molar-refractivity contribution in [3.05, 3.63) is 75.3 Å². The fourth-order valence-corrected chi connectivity index (χ4v) is 2.56. The highest BCUT2D eigenvalue weighted by Gasteiger charge is 2.17. The SMILES string of the molecule is CC(C)c1ccc(C(C)NC(=O)Cc2ccccc2[N+](=O)[O-])cc1. The molecule has 1 amide bonds. The van der Waals surface area contributed by atoms with Crippen LogP contribution < -0.4 is 5.32 Å². The van der Waals surface area contributed by atoms with Gasteiger partial charge in [0.15, 0.2) is 0 Å². The maximum Gasteiger partial charge on any atom is 0.273 e. The Kier molecular flexibility index (Phi) is 5.68. The van der Waals surface area contributed by atoms with Crippen LogP contribution in [0, 0.1) is 10.1 Å². The van der Waals surface area contributed by atoms with Crippen LogP contribution in [-0.4, -0.2) is 10.8 Å². The monoisotopic (exact) mass is 326 g/mol. The van der Waals surface area contributed by atoms with Crippen molar-refractivity contribution in [3.63, 3.8) is 0 Å². The molecule has 0 aliphatic rings. The Hall–Kier alpha value is -2.69. The van der Waals surface area contributed by atoms with Crippen molar-refractivity contribution in [1.82, 2.24) is 5.32 Å². The van der Waals surface area contributed by atoms with E-state index in [1.54, 1.807) is 18.2 Å². The minimum atomic E-state index is -0.462. The zero-order valence-electron chi connectivity index (χ0n) is 14.2. The van der Waals surface area contributed by atoms with Crippen molar-refractivity contribution in [3.8, 4) is 0 Å². The molecule has 0 bridgehead atoms. The third-order valence-corrected chi connectivity index (χ3v) is 4.02. The molecule has 126 valence electrons. The first-order valence-electron chi connectivity index (χ1n) is 8.00. The van der Waals surface area contributed by atoms with Crippen LogP contribution in [0.4, 0.5) is 5.69 Å². The summed E-state index contributed by atoms with van der Waals surface area (Å²) in [5.74, 6) is 0.229. The molecule has 2 aromatic carbocycles. The van der Waals surface area contributed by atoms with E-state index in [0.717, 1.165) is 5.56 Å². The number of carbonyl (C=O) groups excluding carboxylic acids is 1. The molecule has 1 N–H and O–H groups in total. The lowest BCUT2D eigenvalue weighted by Gasteiger charge is -2.15.